The van der Waals surface area contributed by atoms with Gasteiger partial charge in [-0.1, -0.05) is 91.0 Å². The summed E-state index contributed by atoms with van der Waals surface area (Å²) in [5.74, 6) is 0. The third-order valence-electron chi connectivity index (χ3n) is 8.61. The first-order valence-electron chi connectivity index (χ1n) is 14.4. The predicted molar refractivity (Wildman–Crippen MR) is 175 cm³/mol. The van der Waals surface area contributed by atoms with E-state index < -0.39 is 0 Å². The van der Waals surface area contributed by atoms with Crippen molar-refractivity contribution in [3.63, 3.8) is 0 Å². The number of hydrogen-bond acceptors (Lipinski definition) is 3. The van der Waals surface area contributed by atoms with E-state index in [2.05, 4.69) is 144 Å². The number of nitrogens with one attached hydrogen (secondary N) is 1. The Kier molecular flexibility index (Phi) is 4.96. The molecule has 0 spiro atoms. The van der Waals surface area contributed by atoms with E-state index >= 15 is 0 Å². The molecule has 0 aliphatic carbocycles. The van der Waals surface area contributed by atoms with E-state index in [0.717, 1.165) is 33.0 Å². The maximum absolute atomic E-state index is 6.33. The Morgan fingerprint density at radius 3 is 2.19 bits per heavy atom. The predicted octanol–water partition coefficient (Wildman–Crippen LogP) is 9.84. The van der Waals surface area contributed by atoms with Gasteiger partial charge in [0.1, 0.15) is 17.3 Å². The van der Waals surface area contributed by atoms with Crippen LogP contribution in [-0.4, -0.2) is 11.1 Å². The first kappa shape index (κ1) is 23.2. The molecule has 0 saturated carbocycles. The zero-order valence-corrected chi connectivity index (χ0v) is 22.8. The summed E-state index contributed by atoms with van der Waals surface area (Å²) in [5, 5.41) is 10.7. The number of rotatable bonds is 3. The first-order valence-corrected chi connectivity index (χ1v) is 14.4. The van der Waals surface area contributed by atoms with Crippen molar-refractivity contribution in [1.29, 1.82) is 0 Å². The van der Waals surface area contributed by atoms with Crippen molar-refractivity contribution >= 4 is 49.2 Å². The van der Waals surface area contributed by atoms with Gasteiger partial charge in [-0.2, -0.15) is 0 Å². The van der Waals surface area contributed by atoms with Gasteiger partial charge in [0.2, 0.25) is 0 Å². The van der Waals surface area contributed by atoms with Crippen LogP contribution in [0.4, 0.5) is 0 Å². The summed E-state index contributed by atoms with van der Waals surface area (Å²) in [4.78, 5) is 2.20. The molecule has 1 unspecified atom stereocenters. The van der Waals surface area contributed by atoms with Crippen molar-refractivity contribution in [3.05, 3.63) is 151 Å². The Hall–Kier alpha value is -5.54. The molecule has 3 heteroatoms. The molecule has 0 radical (unpaired) electrons. The lowest BCUT2D eigenvalue weighted by Crippen LogP contribution is -2.31. The van der Waals surface area contributed by atoms with Crippen LogP contribution in [0.2, 0.25) is 0 Å². The Morgan fingerprint density at radius 2 is 1.31 bits per heavy atom. The highest BCUT2D eigenvalue weighted by Crippen LogP contribution is 2.40. The zero-order valence-electron chi connectivity index (χ0n) is 22.8. The molecule has 2 aliphatic rings. The first-order chi connectivity index (χ1) is 20.8. The maximum Gasteiger partial charge on any atom is 0.143 e. The van der Waals surface area contributed by atoms with Gasteiger partial charge in [0.15, 0.2) is 0 Å². The normalized spacial score (nSPS) is 16.0. The van der Waals surface area contributed by atoms with Crippen LogP contribution in [0.1, 0.15) is 5.56 Å². The van der Waals surface area contributed by atoms with Crippen LogP contribution in [0, 0.1) is 0 Å². The molecule has 9 rings (SSSR count). The summed E-state index contributed by atoms with van der Waals surface area (Å²) in [6, 6.07) is 41.6. The second-order valence-electron chi connectivity index (χ2n) is 11.1. The average molecular weight is 539 g/mol. The van der Waals surface area contributed by atoms with Crippen LogP contribution in [0.15, 0.2) is 150 Å². The number of allylic oxidation sites excluding steroid dienone is 2. The minimum atomic E-state index is 0.189. The summed E-state index contributed by atoms with van der Waals surface area (Å²) in [7, 11) is 0. The fraction of sp³-hybridized carbons (Fsp3) is 0.0256. The highest BCUT2D eigenvalue weighted by atomic mass is 16.3. The van der Waals surface area contributed by atoms with Crippen LogP contribution in [-0.2, 0) is 0 Å². The number of hydrogen-bond donors (Lipinski definition) is 1. The minimum absolute atomic E-state index is 0.189. The third kappa shape index (κ3) is 3.60. The summed E-state index contributed by atoms with van der Waals surface area (Å²) in [6.45, 7) is 0. The molecule has 3 heterocycles. The highest BCUT2D eigenvalue weighted by molar-refractivity contribution is 6.19. The van der Waals surface area contributed by atoms with Gasteiger partial charge in [0, 0.05) is 28.6 Å². The van der Waals surface area contributed by atoms with E-state index in [1.807, 2.05) is 12.1 Å². The van der Waals surface area contributed by atoms with Crippen LogP contribution in [0.3, 0.4) is 0 Å². The molecule has 2 aliphatic heterocycles. The SMILES string of the molecule is C1=CC2NC(c3cccc(-c4ccc5cc(-c6cc7c8ccccc8oc7c7ccccc67)ccc5c4)c3)=CN2C=C1. The van der Waals surface area contributed by atoms with E-state index in [1.54, 1.807) is 0 Å². The maximum atomic E-state index is 6.33. The van der Waals surface area contributed by atoms with Crippen molar-refractivity contribution in [2.24, 2.45) is 0 Å². The molecule has 198 valence electrons. The topological polar surface area (TPSA) is 28.4 Å². The molecule has 7 aromatic rings. The molecular weight excluding hydrogens is 512 g/mol. The monoisotopic (exact) mass is 538 g/mol. The lowest BCUT2D eigenvalue weighted by atomic mass is 9.93. The molecule has 6 aromatic carbocycles. The Labute approximate surface area is 243 Å². The third-order valence-corrected chi connectivity index (χ3v) is 8.61. The second kappa shape index (κ2) is 8.98. The minimum Gasteiger partial charge on any atom is -0.455 e. The smallest absolute Gasteiger partial charge is 0.143 e. The van der Waals surface area contributed by atoms with E-state index in [1.165, 1.54) is 44.0 Å². The van der Waals surface area contributed by atoms with Gasteiger partial charge in [-0.3, -0.25) is 0 Å². The van der Waals surface area contributed by atoms with Gasteiger partial charge in [-0.15, -0.1) is 0 Å². The van der Waals surface area contributed by atoms with E-state index in [0.29, 0.717) is 0 Å². The number of fused-ring (bicyclic) bond motifs is 7. The van der Waals surface area contributed by atoms with Crippen molar-refractivity contribution in [2.45, 2.75) is 6.17 Å². The quantitative estimate of drug-likeness (QED) is 0.243. The average Bonchev–Trinajstić information content (AvgIpc) is 3.66. The van der Waals surface area contributed by atoms with Gasteiger partial charge < -0.3 is 14.6 Å². The largest absolute Gasteiger partial charge is 0.455 e. The fourth-order valence-corrected chi connectivity index (χ4v) is 6.50. The highest BCUT2D eigenvalue weighted by Gasteiger charge is 2.22. The lowest BCUT2D eigenvalue weighted by molar-refractivity contribution is 0.427. The van der Waals surface area contributed by atoms with Crippen LogP contribution >= 0.6 is 0 Å². The summed E-state index contributed by atoms with van der Waals surface area (Å²) >= 11 is 0. The van der Waals surface area contributed by atoms with Crippen LogP contribution in [0.25, 0.3) is 71.4 Å². The molecule has 0 fully saturated rings. The van der Waals surface area contributed by atoms with Gasteiger partial charge in [-0.25, -0.2) is 0 Å². The number of furan rings is 1. The van der Waals surface area contributed by atoms with Crippen molar-refractivity contribution < 1.29 is 4.42 Å². The molecule has 1 atom stereocenters. The Balaban J connectivity index is 1.12. The summed E-state index contributed by atoms with van der Waals surface area (Å²) in [5.41, 5.74) is 9.06. The molecule has 1 N–H and O–H groups in total. The molecule has 42 heavy (non-hydrogen) atoms. The summed E-state index contributed by atoms with van der Waals surface area (Å²) < 4.78 is 6.33. The molecule has 0 saturated heterocycles. The van der Waals surface area contributed by atoms with Gasteiger partial charge >= 0.3 is 0 Å². The standard InChI is InChI=1S/C39H26N2O/c1-2-12-33-31(10-1)34(23-35-32-11-3-4-13-37(32)42-39(33)35)29-18-17-27-20-26(15-16-28(27)21-29)25-8-7-9-30(22-25)36-24-41-19-6-5-14-38(41)40-36/h1-24,38,40H. The molecule has 3 nitrogen and oxygen atoms in total. The molecule has 0 amide bonds. The fourth-order valence-electron chi connectivity index (χ4n) is 6.50. The second-order valence-corrected chi connectivity index (χ2v) is 11.1. The van der Waals surface area contributed by atoms with E-state index in [9.17, 15) is 0 Å². The lowest BCUT2D eigenvalue weighted by Gasteiger charge is -2.20. The number of nitrogens with zero attached hydrogens (tertiary/aromatic N) is 1. The van der Waals surface area contributed by atoms with E-state index in [-0.39, 0.29) is 6.17 Å². The van der Waals surface area contributed by atoms with Gasteiger partial charge in [0.05, 0.1) is 5.70 Å². The van der Waals surface area contributed by atoms with Crippen molar-refractivity contribution in [2.75, 3.05) is 0 Å². The molecular formula is C39H26N2O. The number of benzene rings is 6. The van der Waals surface area contributed by atoms with Gasteiger partial charge in [0.25, 0.3) is 0 Å². The Bertz CT molecular complexity index is 2300. The van der Waals surface area contributed by atoms with Crippen LogP contribution < -0.4 is 5.32 Å². The molecule has 0 bridgehead atoms. The summed E-state index contributed by atoms with van der Waals surface area (Å²) in [6.07, 6.45) is 10.8. The zero-order chi connectivity index (χ0) is 27.6. The van der Waals surface area contributed by atoms with Crippen molar-refractivity contribution in [1.82, 2.24) is 10.2 Å². The van der Waals surface area contributed by atoms with Crippen molar-refractivity contribution in [3.8, 4) is 22.3 Å². The van der Waals surface area contributed by atoms with Crippen LogP contribution in [0.5, 0.6) is 0 Å². The number of para-hydroxylation sites is 1. The molecule has 1 aromatic heterocycles. The van der Waals surface area contributed by atoms with E-state index in [4.69, 9.17) is 4.42 Å². The Morgan fingerprint density at radius 1 is 0.571 bits per heavy atom. The van der Waals surface area contributed by atoms with Gasteiger partial charge in [-0.05, 0) is 86.5 Å².